The van der Waals surface area contributed by atoms with Crippen LogP contribution in [0.1, 0.15) is 43.5 Å². The monoisotopic (exact) mass is 376 g/mol. The minimum Gasteiger partial charge on any atom is -0.338 e. The summed E-state index contributed by atoms with van der Waals surface area (Å²) < 4.78 is 1.99. The lowest BCUT2D eigenvalue weighted by Gasteiger charge is -2.16. The molecule has 3 aromatic heterocycles. The SMILES string of the molecule is CCCCn1nc(-c2ccncc2)nc1[C@H]1CC(=O)N(Cc2ccncc2)C1. The summed E-state index contributed by atoms with van der Waals surface area (Å²) in [5.74, 6) is 1.84. The maximum absolute atomic E-state index is 12.6. The van der Waals surface area contributed by atoms with E-state index in [0.717, 1.165) is 36.3 Å². The third-order valence-corrected chi connectivity index (χ3v) is 5.06. The van der Waals surface area contributed by atoms with Gasteiger partial charge in [-0.05, 0) is 36.2 Å². The van der Waals surface area contributed by atoms with Gasteiger partial charge in [0.2, 0.25) is 5.91 Å². The van der Waals surface area contributed by atoms with Crippen LogP contribution in [0.15, 0.2) is 49.1 Å². The van der Waals surface area contributed by atoms with Gasteiger partial charge in [0.25, 0.3) is 0 Å². The minimum atomic E-state index is 0.0641. The average Bonchev–Trinajstić information content (AvgIpc) is 3.31. The van der Waals surface area contributed by atoms with Crippen LogP contribution in [-0.2, 0) is 17.9 Å². The van der Waals surface area contributed by atoms with Crippen LogP contribution in [0.3, 0.4) is 0 Å². The summed E-state index contributed by atoms with van der Waals surface area (Å²) in [5.41, 5.74) is 2.04. The number of rotatable bonds is 7. The van der Waals surface area contributed by atoms with Gasteiger partial charge in [0.1, 0.15) is 5.82 Å². The van der Waals surface area contributed by atoms with Crippen molar-refractivity contribution in [2.24, 2.45) is 0 Å². The van der Waals surface area contributed by atoms with Crippen molar-refractivity contribution >= 4 is 5.91 Å². The molecule has 1 amide bonds. The van der Waals surface area contributed by atoms with E-state index in [1.807, 2.05) is 33.8 Å². The zero-order valence-corrected chi connectivity index (χ0v) is 16.0. The second-order valence-corrected chi connectivity index (χ2v) is 7.14. The zero-order valence-electron chi connectivity index (χ0n) is 16.0. The zero-order chi connectivity index (χ0) is 19.3. The van der Waals surface area contributed by atoms with Gasteiger partial charge in [-0.2, -0.15) is 5.10 Å². The molecule has 0 saturated carbocycles. The molecule has 28 heavy (non-hydrogen) atoms. The first-order valence-corrected chi connectivity index (χ1v) is 9.76. The number of hydrogen-bond acceptors (Lipinski definition) is 5. The van der Waals surface area contributed by atoms with E-state index in [0.29, 0.717) is 25.3 Å². The predicted molar refractivity (Wildman–Crippen MR) is 105 cm³/mol. The van der Waals surface area contributed by atoms with Crippen LogP contribution in [0.2, 0.25) is 0 Å². The standard InChI is InChI=1S/C21H24N6O/c1-2-3-12-27-21(24-20(25-27)17-6-10-23-11-7-17)18-13-19(28)26(15-18)14-16-4-8-22-9-5-16/h4-11,18H,2-3,12-15H2,1H3/t18-/m0/s1. The lowest BCUT2D eigenvalue weighted by Crippen LogP contribution is -2.24. The fraction of sp³-hybridized carbons (Fsp3) is 0.381. The summed E-state index contributed by atoms with van der Waals surface area (Å²) in [5, 5.41) is 4.74. The molecule has 1 atom stereocenters. The van der Waals surface area contributed by atoms with Crippen LogP contribution in [0.5, 0.6) is 0 Å². The number of hydrogen-bond donors (Lipinski definition) is 0. The fourth-order valence-electron chi connectivity index (χ4n) is 3.56. The van der Waals surface area contributed by atoms with Gasteiger partial charge in [-0.25, -0.2) is 9.67 Å². The lowest BCUT2D eigenvalue weighted by atomic mass is 10.1. The first-order chi connectivity index (χ1) is 13.7. The molecular weight excluding hydrogens is 352 g/mol. The summed E-state index contributed by atoms with van der Waals surface area (Å²) in [7, 11) is 0. The molecule has 0 aliphatic carbocycles. The number of amides is 1. The molecule has 4 rings (SSSR count). The average molecular weight is 376 g/mol. The summed E-state index contributed by atoms with van der Waals surface area (Å²) in [6.45, 7) is 4.26. The van der Waals surface area contributed by atoms with Gasteiger partial charge in [0.05, 0.1) is 0 Å². The number of aromatic nitrogens is 5. The Morgan fingerprint density at radius 1 is 1.07 bits per heavy atom. The number of unbranched alkanes of at least 4 members (excludes halogenated alkanes) is 1. The number of pyridine rings is 2. The summed E-state index contributed by atoms with van der Waals surface area (Å²) >= 11 is 0. The Bertz CT molecular complexity index is 925. The summed E-state index contributed by atoms with van der Waals surface area (Å²) in [6, 6.07) is 7.73. The number of carbonyl (C=O) groups is 1. The highest BCUT2D eigenvalue weighted by Crippen LogP contribution is 2.30. The van der Waals surface area contributed by atoms with Gasteiger partial charge in [-0.3, -0.25) is 14.8 Å². The number of aryl methyl sites for hydroxylation is 1. The van der Waals surface area contributed by atoms with E-state index < -0.39 is 0 Å². The number of nitrogens with zero attached hydrogens (tertiary/aromatic N) is 6. The number of likely N-dealkylation sites (tertiary alicyclic amines) is 1. The second kappa shape index (κ2) is 8.29. The van der Waals surface area contributed by atoms with Gasteiger partial charge in [0, 0.05) is 62.3 Å². The Balaban J connectivity index is 1.57. The fourth-order valence-corrected chi connectivity index (χ4v) is 3.56. The van der Waals surface area contributed by atoms with Crippen molar-refractivity contribution in [3.63, 3.8) is 0 Å². The highest BCUT2D eigenvalue weighted by molar-refractivity contribution is 5.79. The van der Waals surface area contributed by atoms with Crippen molar-refractivity contribution in [3.05, 3.63) is 60.4 Å². The Kier molecular flexibility index (Phi) is 5.41. The topological polar surface area (TPSA) is 76.8 Å². The minimum absolute atomic E-state index is 0.0641. The molecule has 1 saturated heterocycles. The first kappa shape index (κ1) is 18.3. The molecule has 0 spiro atoms. The Morgan fingerprint density at radius 3 is 2.50 bits per heavy atom. The van der Waals surface area contributed by atoms with Crippen LogP contribution in [0, 0.1) is 0 Å². The van der Waals surface area contributed by atoms with Crippen molar-refractivity contribution < 1.29 is 4.79 Å². The third kappa shape index (κ3) is 3.93. The molecule has 144 valence electrons. The molecule has 4 heterocycles. The Morgan fingerprint density at radius 2 is 1.79 bits per heavy atom. The first-order valence-electron chi connectivity index (χ1n) is 9.76. The van der Waals surface area contributed by atoms with E-state index in [2.05, 4.69) is 16.9 Å². The highest BCUT2D eigenvalue weighted by Gasteiger charge is 2.34. The third-order valence-electron chi connectivity index (χ3n) is 5.06. The predicted octanol–water partition coefficient (Wildman–Crippen LogP) is 3.05. The molecule has 0 bridgehead atoms. The van der Waals surface area contributed by atoms with E-state index in [1.54, 1.807) is 24.8 Å². The molecular formula is C21H24N6O. The van der Waals surface area contributed by atoms with E-state index >= 15 is 0 Å². The van der Waals surface area contributed by atoms with Crippen molar-refractivity contribution in [1.82, 2.24) is 29.6 Å². The van der Waals surface area contributed by atoms with Gasteiger partial charge < -0.3 is 4.90 Å². The molecule has 1 aliphatic heterocycles. The molecule has 3 aromatic rings. The van der Waals surface area contributed by atoms with Crippen LogP contribution in [-0.4, -0.2) is 42.1 Å². The van der Waals surface area contributed by atoms with Crippen LogP contribution in [0.25, 0.3) is 11.4 Å². The normalized spacial score (nSPS) is 16.7. The van der Waals surface area contributed by atoms with Crippen LogP contribution >= 0.6 is 0 Å². The van der Waals surface area contributed by atoms with Crippen LogP contribution < -0.4 is 0 Å². The maximum Gasteiger partial charge on any atom is 0.223 e. The summed E-state index contributed by atoms with van der Waals surface area (Å²) in [4.78, 5) is 27.5. The lowest BCUT2D eigenvalue weighted by molar-refractivity contribution is -0.128. The van der Waals surface area contributed by atoms with Crippen molar-refractivity contribution in [2.45, 2.75) is 45.2 Å². The van der Waals surface area contributed by atoms with E-state index in [-0.39, 0.29) is 11.8 Å². The van der Waals surface area contributed by atoms with Gasteiger partial charge in [0.15, 0.2) is 5.82 Å². The molecule has 7 nitrogen and oxygen atoms in total. The largest absolute Gasteiger partial charge is 0.338 e. The van der Waals surface area contributed by atoms with E-state index in [1.165, 1.54) is 0 Å². The van der Waals surface area contributed by atoms with Crippen LogP contribution in [0.4, 0.5) is 0 Å². The molecule has 1 aliphatic rings. The number of carbonyl (C=O) groups excluding carboxylic acids is 1. The smallest absolute Gasteiger partial charge is 0.223 e. The summed E-state index contributed by atoms with van der Waals surface area (Å²) in [6.07, 6.45) is 9.61. The van der Waals surface area contributed by atoms with Gasteiger partial charge >= 0.3 is 0 Å². The molecule has 0 N–H and O–H groups in total. The molecule has 0 radical (unpaired) electrons. The quantitative estimate of drug-likeness (QED) is 0.633. The van der Waals surface area contributed by atoms with Crippen molar-refractivity contribution in [3.8, 4) is 11.4 Å². The Labute approximate surface area is 164 Å². The van der Waals surface area contributed by atoms with Crippen molar-refractivity contribution in [1.29, 1.82) is 0 Å². The van der Waals surface area contributed by atoms with E-state index in [4.69, 9.17) is 10.1 Å². The molecule has 0 aromatic carbocycles. The van der Waals surface area contributed by atoms with Gasteiger partial charge in [-0.15, -0.1) is 0 Å². The van der Waals surface area contributed by atoms with Crippen molar-refractivity contribution in [2.75, 3.05) is 6.54 Å². The maximum atomic E-state index is 12.6. The van der Waals surface area contributed by atoms with E-state index in [9.17, 15) is 4.79 Å². The Hall–Kier alpha value is -3.09. The molecule has 1 fully saturated rings. The molecule has 7 heteroatoms. The molecule has 0 unspecified atom stereocenters. The van der Waals surface area contributed by atoms with Gasteiger partial charge in [-0.1, -0.05) is 13.3 Å². The second-order valence-electron chi connectivity index (χ2n) is 7.14. The highest BCUT2D eigenvalue weighted by atomic mass is 16.2.